The van der Waals surface area contributed by atoms with Crippen LogP contribution in [0.4, 0.5) is 0 Å². The SMILES string of the molecule is ClCCSC1CSC1. The van der Waals surface area contributed by atoms with Crippen LogP contribution < -0.4 is 0 Å². The fraction of sp³-hybridized carbons (Fsp3) is 1.00. The Balaban J connectivity index is 1.86. The highest BCUT2D eigenvalue weighted by Gasteiger charge is 2.17. The van der Waals surface area contributed by atoms with E-state index in [1.165, 1.54) is 11.5 Å². The zero-order valence-electron chi connectivity index (χ0n) is 4.60. The average molecular weight is 169 g/mol. The Hall–Kier alpha value is 0.990. The van der Waals surface area contributed by atoms with Crippen molar-refractivity contribution < 1.29 is 0 Å². The molecule has 0 radical (unpaired) electrons. The first kappa shape index (κ1) is 7.10. The molecule has 48 valence electrons. The van der Waals surface area contributed by atoms with Gasteiger partial charge in [-0.05, 0) is 0 Å². The lowest BCUT2D eigenvalue weighted by Gasteiger charge is -2.23. The van der Waals surface area contributed by atoms with Crippen molar-refractivity contribution >= 4 is 35.1 Å². The summed E-state index contributed by atoms with van der Waals surface area (Å²) in [6, 6.07) is 0. The molecule has 1 aliphatic heterocycles. The number of alkyl halides is 1. The third kappa shape index (κ3) is 2.08. The molecular formula is C5H9ClS2. The lowest BCUT2D eigenvalue weighted by molar-refractivity contribution is 1.08. The number of hydrogen-bond donors (Lipinski definition) is 0. The molecule has 0 aromatic rings. The molecule has 0 aromatic carbocycles. The molecule has 0 atom stereocenters. The van der Waals surface area contributed by atoms with E-state index < -0.39 is 0 Å². The second-order valence-corrected chi connectivity index (χ2v) is 4.58. The highest BCUT2D eigenvalue weighted by atomic mass is 35.5. The Labute approximate surface area is 63.7 Å². The Morgan fingerprint density at radius 3 is 2.75 bits per heavy atom. The van der Waals surface area contributed by atoms with Gasteiger partial charge in [0.1, 0.15) is 0 Å². The maximum atomic E-state index is 5.50. The van der Waals surface area contributed by atoms with E-state index in [2.05, 4.69) is 0 Å². The fourth-order valence-electron chi connectivity index (χ4n) is 0.522. The van der Waals surface area contributed by atoms with E-state index >= 15 is 0 Å². The smallest absolute Gasteiger partial charge is 0.0314 e. The van der Waals surface area contributed by atoms with Crippen molar-refractivity contribution in [3.63, 3.8) is 0 Å². The van der Waals surface area contributed by atoms with Gasteiger partial charge in [-0.2, -0.15) is 23.5 Å². The quantitative estimate of drug-likeness (QED) is 0.592. The summed E-state index contributed by atoms with van der Waals surface area (Å²) < 4.78 is 0. The van der Waals surface area contributed by atoms with Crippen LogP contribution in [0, 0.1) is 0 Å². The Bertz CT molecular complexity index is 63.4. The molecule has 0 nitrogen and oxygen atoms in total. The second kappa shape index (κ2) is 3.91. The van der Waals surface area contributed by atoms with Gasteiger partial charge in [0.2, 0.25) is 0 Å². The second-order valence-electron chi connectivity index (χ2n) is 1.72. The largest absolute Gasteiger partial charge is 0.160 e. The number of rotatable bonds is 3. The summed E-state index contributed by atoms with van der Waals surface area (Å²) in [6.07, 6.45) is 0. The van der Waals surface area contributed by atoms with E-state index in [0.717, 1.165) is 16.9 Å². The zero-order valence-corrected chi connectivity index (χ0v) is 6.99. The van der Waals surface area contributed by atoms with E-state index in [4.69, 9.17) is 11.6 Å². The van der Waals surface area contributed by atoms with Gasteiger partial charge in [0.05, 0.1) is 0 Å². The van der Waals surface area contributed by atoms with Crippen LogP contribution in [0.25, 0.3) is 0 Å². The normalized spacial score (nSPS) is 20.6. The van der Waals surface area contributed by atoms with E-state index in [-0.39, 0.29) is 0 Å². The van der Waals surface area contributed by atoms with E-state index in [1.54, 1.807) is 0 Å². The van der Waals surface area contributed by atoms with Crippen LogP contribution in [0.3, 0.4) is 0 Å². The molecular weight excluding hydrogens is 160 g/mol. The van der Waals surface area contributed by atoms with Crippen LogP contribution in [0.2, 0.25) is 0 Å². The maximum absolute atomic E-state index is 5.50. The molecule has 0 spiro atoms. The van der Waals surface area contributed by atoms with Gasteiger partial charge in [-0.25, -0.2) is 0 Å². The monoisotopic (exact) mass is 168 g/mol. The van der Waals surface area contributed by atoms with Gasteiger partial charge < -0.3 is 0 Å². The molecule has 0 amide bonds. The number of halogens is 1. The summed E-state index contributed by atoms with van der Waals surface area (Å²) in [5.74, 6) is 4.64. The lowest BCUT2D eigenvalue weighted by Crippen LogP contribution is -2.21. The van der Waals surface area contributed by atoms with Gasteiger partial charge in [-0.1, -0.05) is 0 Å². The standard InChI is InChI=1S/C5H9ClS2/c6-1-2-8-5-3-7-4-5/h5H,1-4H2. The van der Waals surface area contributed by atoms with Crippen LogP contribution in [-0.4, -0.2) is 28.4 Å². The van der Waals surface area contributed by atoms with Crippen molar-refractivity contribution in [2.75, 3.05) is 23.1 Å². The molecule has 0 aromatic heterocycles. The van der Waals surface area contributed by atoms with Gasteiger partial charge in [-0.15, -0.1) is 11.6 Å². The van der Waals surface area contributed by atoms with Crippen LogP contribution in [0.5, 0.6) is 0 Å². The molecule has 1 fully saturated rings. The molecule has 1 heterocycles. The Morgan fingerprint density at radius 2 is 2.38 bits per heavy atom. The van der Waals surface area contributed by atoms with Crippen LogP contribution in [0.15, 0.2) is 0 Å². The Kier molecular flexibility index (Phi) is 3.47. The predicted octanol–water partition coefficient (Wildman–Crippen LogP) is 2.07. The van der Waals surface area contributed by atoms with Gasteiger partial charge in [-0.3, -0.25) is 0 Å². The van der Waals surface area contributed by atoms with Crippen molar-refractivity contribution in [2.45, 2.75) is 5.25 Å². The molecule has 0 bridgehead atoms. The van der Waals surface area contributed by atoms with Gasteiger partial charge in [0.25, 0.3) is 0 Å². The number of hydrogen-bond acceptors (Lipinski definition) is 2. The summed E-state index contributed by atoms with van der Waals surface area (Å²) in [4.78, 5) is 0. The molecule has 3 heteroatoms. The van der Waals surface area contributed by atoms with Gasteiger partial charge >= 0.3 is 0 Å². The molecule has 8 heavy (non-hydrogen) atoms. The summed E-state index contributed by atoms with van der Waals surface area (Å²) >= 11 is 9.54. The molecule has 1 aliphatic rings. The van der Waals surface area contributed by atoms with Crippen molar-refractivity contribution in [3.05, 3.63) is 0 Å². The zero-order chi connectivity index (χ0) is 5.82. The van der Waals surface area contributed by atoms with Crippen LogP contribution in [0.1, 0.15) is 0 Å². The van der Waals surface area contributed by atoms with Gasteiger partial charge in [0.15, 0.2) is 0 Å². The summed E-state index contributed by atoms with van der Waals surface area (Å²) in [6.45, 7) is 0. The highest BCUT2D eigenvalue weighted by Crippen LogP contribution is 2.28. The molecule has 0 aliphatic carbocycles. The van der Waals surface area contributed by atoms with Crippen LogP contribution >= 0.6 is 35.1 Å². The van der Waals surface area contributed by atoms with Crippen molar-refractivity contribution in [2.24, 2.45) is 0 Å². The van der Waals surface area contributed by atoms with Crippen molar-refractivity contribution in [1.29, 1.82) is 0 Å². The first-order valence-electron chi connectivity index (χ1n) is 2.69. The molecule has 1 rings (SSSR count). The highest BCUT2D eigenvalue weighted by molar-refractivity contribution is 8.07. The Morgan fingerprint density at radius 1 is 1.62 bits per heavy atom. The predicted molar refractivity (Wildman–Crippen MR) is 44.3 cm³/mol. The first-order valence-corrected chi connectivity index (χ1v) is 5.42. The minimum absolute atomic E-state index is 0.811. The van der Waals surface area contributed by atoms with Gasteiger partial charge in [0, 0.05) is 28.4 Å². The van der Waals surface area contributed by atoms with Crippen molar-refractivity contribution in [3.8, 4) is 0 Å². The lowest BCUT2D eigenvalue weighted by atomic mass is 10.5. The van der Waals surface area contributed by atoms with E-state index in [0.29, 0.717) is 0 Å². The summed E-state index contributed by atoms with van der Waals surface area (Å²) in [7, 11) is 0. The maximum Gasteiger partial charge on any atom is 0.0314 e. The summed E-state index contributed by atoms with van der Waals surface area (Å²) in [5, 5.41) is 0.929. The third-order valence-electron chi connectivity index (χ3n) is 1.04. The van der Waals surface area contributed by atoms with E-state index in [1.807, 2.05) is 23.5 Å². The molecule has 0 saturated carbocycles. The fourth-order valence-corrected chi connectivity index (χ4v) is 2.99. The average Bonchev–Trinajstić information content (AvgIpc) is 1.63. The molecule has 0 unspecified atom stereocenters. The number of thioether (sulfide) groups is 2. The minimum Gasteiger partial charge on any atom is -0.160 e. The van der Waals surface area contributed by atoms with Crippen molar-refractivity contribution in [1.82, 2.24) is 0 Å². The topological polar surface area (TPSA) is 0 Å². The molecule has 1 saturated heterocycles. The van der Waals surface area contributed by atoms with Crippen LogP contribution in [-0.2, 0) is 0 Å². The van der Waals surface area contributed by atoms with E-state index in [9.17, 15) is 0 Å². The third-order valence-corrected chi connectivity index (χ3v) is 4.39. The summed E-state index contributed by atoms with van der Waals surface area (Å²) in [5.41, 5.74) is 0. The molecule has 0 N–H and O–H groups in total. The first-order chi connectivity index (χ1) is 3.93. The minimum atomic E-state index is 0.811.